The zero-order valence-electron chi connectivity index (χ0n) is 13.6. The fourth-order valence-electron chi connectivity index (χ4n) is 1.97. The first-order valence-electron chi connectivity index (χ1n) is 6.51. The second-order valence-corrected chi connectivity index (χ2v) is 5.01. The van der Waals surface area contributed by atoms with Crippen molar-refractivity contribution in [1.29, 1.82) is 0 Å². The maximum atomic E-state index is 13.3. The number of benzene rings is 1. The second-order valence-electron chi connectivity index (χ2n) is 5.01. The third-order valence-corrected chi connectivity index (χ3v) is 3.14. The Labute approximate surface area is 139 Å². The molecule has 1 aromatic carbocycles. The van der Waals surface area contributed by atoms with Crippen molar-refractivity contribution in [1.82, 2.24) is 9.80 Å². The van der Waals surface area contributed by atoms with Crippen molar-refractivity contribution in [3.63, 3.8) is 0 Å². The third-order valence-electron chi connectivity index (χ3n) is 3.14. The Morgan fingerprint density at radius 3 is 2.12 bits per heavy atom. The highest BCUT2D eigenvalue weighted by Crippen LogP contribution is 2.46. The van der Waals surface area contributed by atoms with Crippen molar-refractivity contribution in [3.05, 3.63) is 22.1 Å². The lowest BCUT2D eigenvalue weighted by Gasteiger charge is -2.22. The molecule has 138 valence electrons. The van der Waals surface area contributed by atoms with Gasteiger partial charge in [-0.15, -0.1) is 0 Å². The molecule has 0 saturated carbocycles. The molecule has 2 N–H and O–H groups in total. The van der Waals surface area contributed by atoms with Gasteiger partial charge in [0.2, 0.25) is 5.75 Å². The summed E-state index contributed by atoms with van der Waals surface area (Å²) in [5.41, 5.74) is -4.47. The van der Waals surface area contributed by atoms with E-state index < -0.39 is 51.4 Å². The SMILES string of the molecule is COc1cc(C(F)(F)F)c(C(=O)N(C)C(=O)N(C)C)c([N+](=O)O)c1O. The molecule has 0 saturated heterocycles. The van der Waals surface area contributed by atoms with E-state index in [1.807, 2.05) is 0 Å². The Balaban J connectivity index is 3.83. The molecule has 1 rings (SSSR count). The molecule has 0 aliphatic heterocycles. The topological polar surface area (TPSA) is 110 Å². The highest BCUT2D eigenvalue weighted by atomic mass is 19.4. The van der Waals surface area contributed by atoms with Gasteiger partial charge in [0.15, 0.2) is 5.75 Å². The summed E-state index contributed by atoms with van der Waals surface area (Å²) in [7, 11) is 4.28. The molecule has 0 aliphatic rings. The summed E-state index contributed by atoms with van der Waals surface area (Å²) >= 11 is 0. The van der Waals surface area contributed by atoms with Crippen molar-refractivity contribution < 1.29 is 42.7 Å². The lowest BCUT2D eigenvalue weighted by molar-refractivity contribution is -0.730. The number of aromatic hydroxyl groups is 1. The van der Waals surface area contributed by atoms with Crippen molar-refractivity contribution in [2.24, 2.45) is 0 Å². The molecule has 1 aromatic rings. The Hall–Kier alpha value is -3.05. The molecular weight excluding hydrogens is 351 g/mol. The normalized spacial score (nSPS) is 11.0. The maximum Gasteiger partial charge on any atom is 0.417 e. The Morgan fingerprint density at radius 1 is 1.24 bits per heavy atom. The van der Waals surface area contributed by atoms with E-state index in [0.29, 0.717) is 4.90 Å². The van der Waals surface area contributed by atoms with Crippen LogP contribution < -0.4 is 4.74 Å². The van der Waals surface area contributed by atoms with E-state index in [4.69, 9.17) is 5.21 Å². The lowest BCUT2D eigenvalue weighted by Crippen LogP contribution is -2.41. The average molecular weight is 366 g/mol. The van der Waals surface area contributed by atoms with Gasteiger partial charge in [-0.1, -0.05) is 0 Å². The molecule has 0 atom stereocenters. The van der Waals surface area contributed by atoms with Gasteiger partial charge in [-0.2, -0.15) is 13.2 Å². The van der Waals surface area contributed by atoms with Crippen molar-refractivity contribution in [2.45, 2.75) is 6.18 Å². The molecule has 0 radical (unpaired) electrons. The van der Waals surface area contributed by atoms with Crippen LogP contribution in [-0.4, -0.2) is 65.2 Å². The number of carbonyl (C=O) groups is 2. The number of alkyl halides is 3. The molecule has 0 fully saturated rings. The lowest BCUT2D eigenvalue weighted by atomic mass is 10.0. The number of ether oxygens (including phenoxy) is 1. The van der Waals surface area contributed by atoms with Gasteiger partial charge in [0.1, 0.15) is 5.56 Å². The number of hydrogen-bond donors (Lipinski definition) is 2. The first kappa shape index (κ1) is 20.0. The Morgan fingerprint density at radius 2 is 1.76 bits per heavy atom. The standard InChI is InChI=1S/C13H14F3N3O6/c1-17(2)12(22)18(3)11(21)8-6(13(14,15)16)5-7(25-4)10(20)9(8)19(23)24/h5H,1-4H3,(H-,20,23,24)/p+1. The molecule has 3 amide bonds. The number of nitrogens with zero attached hydrogens (tertiary/aromatic N) is 3. The van der Waals surface area contributed by atoms with Crippen LogP contribution in [0.3, 0.4) is 0 Å². The van der Waals surface area contributed by atoms with E-state index in [2.05, 4.69) is 4.74 Å². The highest BCUT2D eigenvalue weighted by Gasteiger charge is 2.45. The van der Waals surface area contributed by atoms with Gasteiger partial charge < -0.3 is 14.7 Å². The number of imide groups is 1. The minimum Gasteiger partial charge on any atom is -0.499 e. The number of carbonyl (C=O) groups excluding carboxylic acids is 2. The van der Waals surface area contributed by atoms with E-state index in [0.717, 1.165) is 19.1 Å². The monoisotopic (exact) mass is 366 g/mol. The smallest absolute Gasteiger partial charge is 0.417 e. The van der Waals surface area contributed by atoms with Gasteiger partial charge in [0, 0.05) is 21.1 Å². The number of hydrogen-bond acceptors (Lipinski definition) is 5. The van der Waals surface area contributed by atoms with Crippen LogP contribution in [0.15, 0.2) is 6.07 Å². The van der Waals surface area contributed by atoms with Gasteiger partial charge in [-0.25, -0.2) is 10.0 Å². The second kappa shape index (κ2) is 6.83. The molecule has 0 bridgehead atoms. The predicted octanol–water partition coefficient (Wildman–Crippen LogP) is 1.97. The predicted molar refractivity (Wildman–Crippen MR) is 75.9 cm³/mol. The van der Waals surface area contributed by atoms with Crippen LogP contribution in [0.5, 0.6) is 11.5 Å². The number of rotatable bonds is 3. The number of halogens is 3. The number of phenols is 1. The number of methoxy groups -OCH3 is 1. The molecule has 0 aliphatic carbocycles. The summed E-state index contributed by atoms with van der Waals surface area (Å²) in [5.74, 6) is -3.55. The molecule has 0 spiro atoms. The summed E-state index contributed by atoms with van der Waals surface area (Å²) in [6, 6.07) is -0.710. The Bertz CT molecular complexity index is 733. The minimum atomic E-state index is -5.15. The van der Waals surface area contributed by atoms with Crippen LogP contribution in [-0.2, 0) is 6.18 Å². The summed E-state index contributed by atoms with van der Waals surface area (Å²) in [6.07, 6.45) is -5.15. The number of urea groups is 1. The van der Waals surface area contributed by atoms with E-state index in [-0.39, 0.29) is 6.07 Å². The first-order valence-corrected chi connectivity index (χ1v) is 6.51. The van der Waals surface area contributed by atoms with E-state index in [1.165, 1.54) is 14.1 Å². The molecule has 12 heteroatoms. The van der Waals surface area contributed by atoms with Crippen LogP contribution in [0, 0.1) is 4.91 Å². The largest absolute Gasteiger partial charge is 0.499 e. The van der Waals surface area contributed by atoms with Crippen LogP contribution in [0.1, 0.15) is 15.9 Å². The van der Waals surface area contributed by atoms with Crippen LogP contribution in [0.25, 0.3) is 0 Å². The van der Waals surface area contributed by atoms with Crippen molar-refractivity contribution in [2.75, 3.05) is 28.3 Å². The van der Waals surface area contributed by atoms with E-state index >= 15 is 0 Å². The third kappa shape index (κ3) is 3.72. The zero-order chi connectivity index (χ0) is 19.7. The number of amides is 3. The molecule has 9 nitrogen and oxygen atoms in total. The van der Waals surface area contributed by atoms with Crippen LogP contribution in [0.4, 0.5) is 23.7 Å². The van der Waals surface area contributed by atoms with Gasteiger partial charge >= 0.3 is 17.9 Å². The minimum absolute atomic E-state index is 0.281. The van der Waals surface area contributed by atoms with E-state index in [9.17, 15) is 32.8 Å². The summed E-state index contributed by atoms with van der Waals surface area (Å²) in [6.45, 7) is 0. The number of phenolic OH excluding ortho intramolecular Hbond substituents is 1. The van der Waals surface area contributed by atoms with Gasteiger partial charge in [0.25, 0.3) is 10.8 Å². The summed E-state index contributed by atoms with van der Waals surface area (Å²) in [5, 5.41) is 19.0. The zero-order valence-corrected chi connectivity index (χ0v) is 13.6. The van der Waals surface area contributed by atoms with Gasteiger partial charge in [-0.05, 0) is 6.07 Å². The quantitative estimate of drug-likeness (QED) is 0.792. The molecule has 0 heterocycles. The van der Waals surface area contributed by atoms with Crippen LogP contribution in [0.2, 0.25) is 0 Å². The molecule has 0 unspecified atom stereocenters. The summed E-state index contributed by atoms with van der Waals surface area (Å²) < 4.78 is 44.5. The molecule has 0 aromatic heterocycles. The van der Waals surface area contributed by atoms with Gasteiger partial charge in [0.05, 0.1) is 17.6 Å². The maximum absolute atomic E-state index is 13.3. The Kier molecular flexibility index (Phi) is 5.46. The van der Waals surface area contributed by atoms with E-state index in [1.54, 1.807) is 0 Å². The van der Waals surface area contributed by atoms with Crippen LogP contribution >= 0.6 is 0 Å². The molecular formula is C13H15F3N3O6+. The van der Waals surface area contributed by atoms with Crippen molar-refractivity contribution in [3.8, 4) is 11.5 Å². The first-order chi connectivity index (χ1) is 11.3. The molecule has 25 heavy (non-hydrogen) atoms. The van der Waals surface area contributed by atoms with Gasteiger partial charge in [-0.3, -0.25) is 9.69 Å². The summed E-state index contributed by atoms with van der Waals surface area (Å²) in [4.78, 5) is 35.6. The fraction of sp³-hybridized carbons (Fsp3) is 0.385. The average Bonchev–Trinajstić information content (AvgIpc) is 2.50. The highest BCUT2D eigenvalue weighted by molar-refractivity contribution is 6.08. The fourth-order valence-corrected chi connectivity index (χ4v) is 1.97. The van der Waals surface area contributed by atoms with Crippen molar-refractivity contribution >= 4 is 17.6 Å².